The zero-order chi connectivity index (χ0) is 11.0. The van der Waals surface area contributed by atoms with Crippen molar-refractivity contribution in [3.05, 3.63) is 36.3 Å². The van der Waals surface area contributed by atoms with Crippen molar-refractivity contribution in [1.82, 2.24) is 4.98 Å². The lowest BCUT2D eigenvalue weighted by Crippen LogP contribution is -1.71. The van der Waals surface area contributed by atoms with Crippen molar-refractivity contribution in [2.24, 2.45) is 0 Å². The number of halogens is 1. The molecule has 14 heavy (non-hydrogen) atoms. The summed E-state index contributed by atoms with van der Waals surface area (Å²) in [5.74, 6) is -0.199. The third kappa shape index (κ3) is 3.21. The van der Waals surface area contributed by atoms with Crippen molar-refractivity contribution in [1.29, 1.82) is 0 Å². The Hall–Kier alpha value is -1.31. The number of hydrogen-bond acceptors (Lipinski definition) is 0. The smallest absolute Gasteiger partial charge is 0.125 e. The molecule has 1 aromatic carbocycles. The van der Waals surface area contributed by atoms with Crippen molar-refractivity contribution < 1.29 is 4.39 Å². The Morgan fingerprint density at radius 3 is 2.29 bits per heavy atom. The molecule has 78 valence electrons. The number of nitrogens with one attached hydrogen (secondary N) is 1. The number of hydrogen-bond donors (Lipinski definition) is 1. The molecule has 0 aliphatic carbocycles. The first-order chi connectivity index (χ1) is 6.86. The monoisotopic (exact) mass is 195 g/mol. The molecule has 0 unspecified atom stereocenters. The molecule has 1 nitrogen and oxygen atoms in total. The highest BCUT2D eigenvalue weighted by Gasteiger charge is 1.93. The van der Waals surface area contributed by atoms with Gasteiger partial charge in [0.1, 0.15) is 5.82 Å². The van der Waals surface area contributed by atoms with Crippen LogP contribution in [0.15, 0.2) is 30.5 Å². The van der Waals surface area contributed by atoms with Gasteiger partial charge in [-0.1, -0.05) is 27.7 Å². The molecular formula is C12H18FN. The molecule has 1 N–H and O–H groups in total. The summed E-state index contributed by atoms with van der Waals surface area (Å²) in [6, 6.07) is 6.60. The fourth-order valence-electron chi connectivity index (χ4n) is 1.02. The number of fused-ring (bicyclic) bond motifs is 1. The molecule has 0 saturated heterocycles. The minimum atomic E-state index is -0.199. The Morgan fingerprint density at radius 1 is 1.00 bits per heavy atom. The minimum absolute atomic E-state index is 0.199. The fraction of sp³-hybridized carbons (Fsp3) is 0.333. The highest BCUT2D eigenvalue weighted by molar-refractivity contribution is 5.78. The van der Waals surface area contributed by atoms with Crippen LogP contribution in [0.5, 0.6) is 0 Å². The van der Waals surface area contributed by atoms with Crippen molar-refractivity contribution in [3.8, 4) is 0 Å². The van der Waals surface area contributed by atoms with E-state index in [9.17, 15) is 4.39 Å². The largest absolute Gasteiger partial charge is 0.361 e. The Bertz CT molecular complexity index is 352. The van der Waals surface area contributed by atoms with E-state index in [1.807, 2.05) is 33.8 Å². The highest BCUT2D eigenvalue weighted by atomic mass is 19.1. The van der Waals surface area contributed by atoms with Gasteiger partial charge in [-0.25, -0.2) is 4.39 Å². The normalized spacial score (nSPS) is 8.36. The molecule has 2 heteroatoms. The summed E-state index contributed by atoms with van der Waals surface area (Å²) >= 11 is 0. The van der Waals surface area contributed by atoms with Crippen molar-refractivity contribution in [2.45, 2.75) is 27.7 Å². The number of rotatable bonds is 0. The van der Waals surface area contributed by atoms with Gasteiger partial charge in [-0.05, 0) is 29.7 Å². The number of aromatic nitrogens is 1. The standard InChI is InChI=1S/C8H6FN.2C2H6/c9-7-2-1-6-3-4-10-8(6)5-7;2*1-2/h1-5,10H;2*1-2H3. The van der Waals surface area contributed by atoms with E-state index in [1.54, 1.807) is 12.3 Å². The first-order valence-corrected chi connectivity index (χ1v) is 5.09. The lowest BCUT2D eigenvalue weighted by atomic mass is 10.2. The maximum absolute atomic E-state index is 12.5. The molecule has 1 heterocycles. The molecule has 0 atom stereocenters. The summed E-state index contributed by atoms with van der Waals surface area (Å²) in [5.41, 5.74) is 0.847. The topological polar surface area (TPSA) is 15.8 Å². The summed E-state index contributed by atoms with van der Waals surface area (Å²) in [5, 5.41) is 1.04. The van der Waals surface area contributed by atoms with E-state index in [-0.39, 0.29) is 5.82 Å². The van der Waals surface area contributed by atoms with E-state index >= 15 is 0 Å². The van der Waals surface area contributed by atoms with Gasteiger partial charge in [-0.2, -0.15) is 0 Å². The molecule has 0 bridgehead atoms. The van der Waals surface area contributed by atoms with Gasteiger partial charge in [-0.3, -0.25) is 0 Å². The zero-order valence-electron chi connectivity index (χ0n) is 9.26. The Balaban J connectivity index is 0.000000379. The van der Waals surface area contributed by atoms with E-state index in [1.165, 1.54) is 12.1 Å². The third-order valence-corrected chi connectivity index (χ3v) is 1.52. The molecule has 0 radical (unpaired) electrons. The van der Waals surface area contributed by atoms with Crippen LogP contribution in [0.25, 0.3) is 10.9 Å². The molecule has 0 saturated carbocycles. The molecular weight excluding hydrogens is 177 g/mol. The van der Waals surface area contributed by atoms with Gasteiger partial charge in [-0.15, -0.1) is 0 Å². The van der Waals surface area contributed by atoms with Crippen LogP contribution < -0.4 is 0 Å². The summed E-state index contributed by atoms with van der Waals surface area (Å²) in [4.78, 5) is 2.92. The maximum Gasteiger partial charge on any atom is 0.125 e. The lowest BCUT2D eigenvalue weighted by molar-refractivity contribution is 0.629. The van der Waals surface area contributed by atoms with E-state index in [0.717, 1.165) is 10.9 Å². The molecule has 0 fully saturated rings. The van der Waals surface area contributed by atoms with Crippen LogP contribution in [0.1, 0.15) is 27.7 Å². The van der Waals surface area contributed by atoms with Crippen LogP contribution in [-0.4, -0.2) is 4.98 Å². The van der Waals surface area contributed by atoms with Crippen LogP contribution >= 0.6 is 0 Å². The maximum atomic E-state index is 12.5. The van der Waals surface area contributed by atoms with Crippen LogP contribution in [0.4, 0.5) is 4.39 Å². The van der Waals surface area contributed by atoms with Crippen LogP contribution in [0.3, 0.4) is 0 Å². The summed E-state index contributed by atoms with van der Waals surface area (Å²) in [6.07, 6.45) is 1.80. The zero-order valence-corrected chi connectivity index (χ0v) is 9.26. The first kappa shape index (κ1) is 12.7. The van der Waals surface area contributed by atoms with Crippen LogP contribution in [0, 0.1) is 5.82 Å². The van der Waals surface area contributed by atoms with Crippen molar-refractivity contribution in [2.75, 3.05) is 0 Å². The lowest BCUT2D eigenvalue weighted by Gasteiger charge is -1.87. The second-order valence-electron chi connectivity index (χ2n) is 2.21. The molecule has 2 aromatic rings. The number of benzene rings is 1. The second kappa shape index (κ2) is 7.13. The molecule has 0 spiro atoms. The molecule has 1 aromatic heterocycles. The Morgan fingerprint density at radius 2 is 1.64 bits per heavy atom. The van der Waals surface area contributed by atoms with E-state index < -0.39 is 0 Å². The molecule has 0 aliphatic rings. The molecule has 0 amide bonds. The molecule has 2 rings (SSSR count). The Labute approximate surface area is 85.0 Å². The fourth-order valence-corrected chi connectivity index (χ4v) is 1.02. The van der Waals surface area contributed by atoms with Gasteiger partial charge >= 0.3 is 0 Å². The number of aromatic amines is 1. The predicted molar refractivity (Wildman–Crippen MR) is 61.0 cm³/mol. The summed E-state index contributed by atoms with van der Waals surface area (Å²) in [6.45, 7) is 8.00. The minimum Gasteiger partial charge on any atom is -0.361 e. The second-order valence-corrected chi connectivity index (χ2v) is 2.21. The Kier molecular flexibility index (Phi) is 6.46. The highest BCUT2D eigenvalue weighted by Crippen LogP contribution is 2.12. The predicted octanol–water partition coefficient (Wildman–Crippen LogP) is 4.36. The van der Waals surface area contributed by atoms with E-state index in [0.29, 0.717) is 0 Å². The van der Waals surface area contributed by atoms with Gasteiger partial charge < -0.3 is 4.98 Å². The van der Waals surface area contributed by atoms with Gasteiger partial charge in [0, 0.05) is 11.7 Å². The third-order valence-electron chi connectivity index (χ3n) is 1.52. The van der Waals surface area contributed by atoms with Crippen molar-refractivity contribution >= 4 is 10.9 Å². The molecule has 0 aliphatic heterocycles. The van der Waals surface area contributed by atoms with Crippen LogP contribution in [-0.2, 0) is 0 Å². The average Bonchev–Trinajstić information content (AvgIpc) is 2.71. The van der Waals surface area contributed by atoms with E-state index in [2.05, 4.69) is 4.98 Å². The quantitative estimate of drug-likeness (QED) is 0.643. The summed E-state index contributed by atoms with van der Waals surface area (Å²) in [7, 11) is 0. The van der Waals surface area contributed by atoms with Gasteiger partial charge in [0.2, 0.25) is 0 Å². The summed E-state index contributed by atoms with van der Waals surface area (Å²) < 4.78 is 12.5. The first-order valence-electron chi connectivity index (χ1n) is 5.09. The number of H-pyrrole nitrogens is 1. The SMILES string of the molecule is CC.CC.Fc1ccc2cc[nH]c2c1. The van der Waals surface area contributed by atoms with Crippen molar-refractivity contribution in [3.63, 3.8) is 0 Å². The van der Waals surface area contributed by atoms with E-state index in [4.69, 9.17) is 0 Å². The van der Waals surface area contributed by atoms with Gasteiger partial charge in [0.25, 0.3) is 0 Å². The van der Waals surface area contributed by atoms with Gasteiger partial charge in [0.05, 0.1) is 0 Å². The van der Waals surface area contributed by atoms with Crippen LogP contribution in [0.2, 0.25) is 0 Å². The average molecular weight is 195 g/mol. The van der Waals surface area contributed by atoms with Gasteiger partial charge in [0.15, 0.2) is 0 Å².